The van der Waals surface area contributed by atoms with Crippen molar-refractivity contribution in [3.63, 3.8) is 0 Å². The van der Waals surface area contributed by atoms with Crippen molar-refractivity contribution >= 4 is 10.0 Å². The highest BCUT2D eigenvalue weighted by Gasteiger charge is 2.19. The lowest BCUT2D eigenvalue weighted by molar-refractivity contribution is 0.565. The van der Waals surface area contributed by atoms with Gasteiger partial charge < -0.3 is 0 Å². The molecule has 0 spiro atoms. The van der Waals surface area contributed by atoms with E-state index < -0.39 is 21.9 Å². The van der Waals surface area contributed by atoms with E-state index >= 15 is 0 Å². The highest BCUT2D eigenvalue weighted by Crippen LogP contribution is 2.18. The largest absolute Gasteiger partial charge is 0.264 e. The highest BCUT2D eigenvalue weighted by atomic mass is 32.2. The van der Waals surface area contributed by atoms with Gasteiger partial charge in [0.2, 0.25) is 10.0 Å². The Bertz CT molecular complexity index is 702. The third-order valence-corrected chi connectivity index (χ3v) is 4.49. The Morgan fingerprint density at radius 3 is 2.65 bits per heavy atom. The van der Waals surface area contributed by atoms with Crippen LogP contribution in [0.2, 0.25) is 0 Å². The first-order chi connectivity index (χ1) is 9.40. The standard InChI is InChI=1S/C14H15FN2O2S/c1-10-8-13(5-6-14(10)15)20(18,19)17-11(2)12-4-3-7-16-9-12/h3-9,11,17H,1-2H3. The molecule has 0 bridgehead atoms. The van der Waals surface area contributed by atoms with Crippen molar-refractivity contribution in [2.45, 2.75) is 24.8 Å². The number of aryl methyl sites for hydroxylation is 1. The predicted molar refractivity (Wildman–Crippen MR) is 74.1 cm³/mol. The average molecular weight is 294 g/mol. The van der Waals surface area contributed by atoms with E-state index in [0.717, 1.165) is 11.6 Å². The summed E-state index contributed by atoms with van der Waals surface area (Å²) in [5.41, 5.74) is 1.05. The molecule has 1 atom stereocenters. The van der Waals surface area contributed by atoms with Gasteiger partial charge in [-0.15, -0.1) is 0 Å². The summed E-state index contributed by atoms with van der Waals surface area (Å²) in [4.78, 5) is 4.00. The number of halogens is 1. The molecule has 2 rings (SSSR count). The number of nitrogens with one attached hydrogen (secondary N) is 1. The van der Waals surface area contributed by atoms with Gasteiger partial charge in [0.1, 0.15) is 5.82 Å². The number of nitrogens with zero attached hydrogens (tertiary/aromatic N) is 1. The molecular formula is C14H15FN2O2S. The number of hydrogen-bond acceptors (Lipinski definition) is 3. The molecule has 6 heteroatoms. The van der Waals surface area contributed by atoms with Crippen molar-refractivity contribution in [3.8, 4) is 0 Å². The van der Waals surface area contributed by atoms with Crippen LogP contribution in [0, 0.1) is 12.7 Å². The maximum Gasteiger partial charge on any atom is 0.241 e. The molecule has 20 heavy (non-hydrogen) atoms. The van der Waals surface area contributed by atoms with Crippen molar-refractivity contribution in [1.29, 1.82) is 0 Å². The summed E-state index contributed by atoms with van der Waals surface area (Å²) < 4.78 is 40.2. The zero-order valence-corrected chi connectivity index (χ0v) is 12.0. The van der Waals surface area contributed by atoms with Crippen molar-refractivity contribution < 1.29 is 12.8 Å². The molecule has 1 N–H and O–H groups in total. The van der Waals surface area contributed by atoms with Crippen LogP contribution in [-0.4, -0.2) is 13.4 Å². The molecular weight excluding hydrogens is 279 g/mol. The van der Waals surface area contributed by atoms with Gasteiger partial charge >= 0.3 is 0 Å². The normalized spacial score (nSPS) is 13.2. The fourth-order valence-electron chi connectivity index (χ4n) is 1.79. The lowest BCUT2D eigenvalue weighted by Gasteiger charge is -2.14. The Balaban J connectivity index is 2.25. The van der Waals surface area contributed by atoms with E-state index in [4.69, 9.17) is 0 Å². The predicted octanol–water partition coefficient (Wildman–Crippen LogP) is 2.57. The summed E-state index contributed by atoms with van der Waals surface area (Å²) >= 11 is 0. The van der Waals surface area contributed by atoms with E-state index in [1.165, 1.54) is 19.1 Å². The highest BCUT2D eigenvalue weighted by molar-refractivity contribution is 7.89. The van der Waals surface area contributed by atoms with E-state index in [0.29, 0.717) is 5.56 Å². The third-order valence-electron chi connectivity index (χ3n) is 2.96. The Kier molecular flexibility index (Phi) is 4.15. The molecule has 106 valence electrons. The van der Waals surface area contributed by atoms with Crippen LogP contribution in [0.3, 0.4) is 0 Å². The SMILES string of the molecule is Cc1cc(S(=O)(=O)NC(C)c2cccnc2)ccc1F. The van der Waals surface area contributed by atoms with Gasteiger partial charge in [-0.1, -0.05) is 6.07 Å². The van der Waals surface area contributed by atoms with Crippen LogP contribution < -0.4 is 4.72 Å². The van der Waals surface area contributed by atoms with Crippen molar-refractivity contribution in [2.24, 2.45) is 0 Å². The van der Waals surface area contributed by atoms with Gasteiger partial charge in [0.05, 0.1) is 4.90 Å². The minimum absolute atomic E-state index is 0.0483. The Labute approximate surface area is 117 Å². The van der Waals surface area contributed by atoms with Crippen LogP contribution in [-0.2, 0) is 10.0 Å². The van der Waals surface area contributed by atoms with E-state index in [9.17, 15) is 12.8 Å². The summed E-state index contributed by atoms with van der Waals surface area (Å²) in [7, 11) is -3.69. The molecule has 1 aromatic heterocycles. The quantitative estimate of drug-likeness (QED) is 0.943. The Morgan fingerprint density at radius 1 is 1.30 bits per heavy atom. The topological polar surface area (TPSA) is 59.1 Å². The van der Waals surface area contributed by atoms with Gasteiger partial charge in [-0.05, 0) is 49.2 Å². The fourth-order valence-corrected chi connectivity index (χ4v) is 3.10. The van der Waals surface area contributed by atoms with Crippen LogP contribution in [0.15, 0.2) is 47.6 Å². The summed E-state index contributed by atoms with van der Waals surface area (Å²) in [6.07, 6.45) is 3.22. The van der Waals surface area contributed by atoms with Crippen molar-refractivity contribution in [1.82, 2.24) is 9.71 Å². The van der Waals surface area contributed by atoms with E-state index in [1.54, 1.807) is 31.5 Å². The van der Waals surface area contributed by atoms with Gasteiger partial charge in [0.25, 0.3) is 0 Å². The van der Waals surface area contributed by atoms with Crippen LogP contribution in [0.4, 0.5) is 4.39 Å². The molecule has 0 radical (unpaired) electrons. The van der Waals surface area contributed by atoms with Crippen LogP contribution in [0.5, 0.6) is 0 Å². The van der Waals surface area contributed by atoms with E-state index in [-0.39, 0.29) is 4.90 Å². The van der Waals surface area contributed by atoms with Gasteiger partial charge in [0.15, 0.2) is 0 Å². The maximum absolute atomic E-state index is 13.2. The molecule has 0 saturated heterocycles. The summed E-state index contributed by atoms with van der Waals surface area (Å²) in [5, 5.41) is 0. The smallest absolute Gasteiger partial charge is 0.241 e. The number of aromatic nitrogens is 1. The summed E-state index contributed by atoms with van der Waals surface area (Å²) in [6, 6.07) is 6.82. The zero-order valence-electron chi connectivity index (χ0n) is 11.2. The fraction of sp³-hybridized carbons (Fsp3) is 0.214. The Hall–Kier alpha value is -1.79. The van der Waals surface area contributed by atoms with Gasteiger partial charge in [-0.25, -0.2) is 17.5 Å². The van der Waals surface area contributed by atoms with Crippen LogP contribution >= 0.6 is 0 Å². The second kappa shape index (κ2) is 5.68. The first kappa shape index (κ1) is 14.6. The molecule has 0 fully saturated rings. The minimum atomic E-state index is -3.69. The van der Waals surface area contributed by atoms with E-state index in [1.807, 2.05) is 0 Å². The Morgan fingerprint density at radius 2 is 2.05 bits per heavy atom. The first-order valence-electron chi connectivity index (χ1n) is 6.08. The van der Waals surface area contributed by atoms with Crippen molar-refractivity contribution in [2.75, 3.05) is 0 Å². The number of hydrogen-bond donors (Lipinski definition) is 1. The van der Waals surface area contributed by atoms with Crippen LogP contribution in [0.1, 0.15) is 24.1 Å². The molecule has 0 aliphatic carbocycles. The van der Waals surface area contributed by atoms with Crippen molar-refractivity contribution in [3.05, 3.63) is 59.7 Å². The summed E-state index contributed by atoms with van der Waals surface area (Å²) in [6.45, 7) is 3.25. The average Bonchev–Trinajstić information content (AvgIpc) is 2.42. The number of rotatable bonds is 4. The van der Waals surface area contributed by atoms with Gasteiger partial charge in [-0.3, -0.25) is 4.98 Å². The minimum Gasteiger partial charge on any atom is -0.264 e. The lowest BCUT2D eigenvalue weighted by atomic mass is 10.2. The number of sulfonamides is 1. The molecule has 1 unspecified atom stereocenters. The van der Waals surface area contributed by atoms with E-state index in [2.05, 4.69) is 9.71 Å². The molecule has 1 heterocycles. The second-order valence-electron chi connectivity index (χ2n) is 4.54. The molecule has 4 nitrogen and oxygen atoms in total. The molecule has 2 aromatic rings. The second-order valence-corrected chi connectivity index (χ2v) is 6.25. The maximum atomic E-state index is 13.2. The third kappa shape index (κ3) is 3.20. The zero-order chi connectivity index (χ0) is 14.8. The van der Waals surface area contributed by atoms with Crippen LogP contribution in [0.25, 0.3) is 0 Å². The van der Waals surface area contributed by atoms with Gasteiger partial charge in [0, 0.05) is 18.4 Å². The molecule has 0 aliphatic rings. The lowest BCUT2D eigenvalue weighted by Crippen LogP contribution is -2.27. The van der Waals surface area contributed by atoms with Gasteiger partial charge in [-0.2, -0.15) is 0 Å². The molecule has 1 aromatic carbocycles. The molecule has 0 aliphatic heterocycles. The molecule has 0 amide bonds. The summed E-state index contributed by atoms with van der Waals surface area (Å²) in [5.74, 6) is -0.427. The first-order valence-corrected chi connectivity index (χ1v) is 7.57. The number of benzene rings is 1. The molecule has 0 saturated carbocycles. The number of pyridine rings is 1. The monoisotopic (exact) mass is 294 g/mol.